The van der Waals surface area contributed by atoms with Gasteiger partial charge in [0.25, 0.3) is 0 Å². The van der Waals surface area contributed by atoms with Gasteiger partial charge in [-0.25, -0.2) is 4.79 Å². The maximum absolute atomic E-state index is 12.1. The summed E-state index contributed by atoms with van der Waals surface area (Å²) in [6, 6.07) is 0.334. The first kappa shape index (κ1) is 14.1. The van der Waals surface area contributed by atoms with Crippen LogP contribution in [0.15, 0.2) is 0 Å². The van der Waals surface area contributed by atoms with E-state index in [0.717, 1.165) is 13.0 Å². The Balaban J connectivity index is 1.72. The van der Waals surface area contributed by atoms with Gasteiger partial charge in [0.15, 0.2) is 0 Å². The highest BCUT2D eigenvalue weighted by Gasteiger charge is 2.26. The molecule has 2 aliphatic rings. The molecule has 0 spiro atoms. The molecule has 2 aliphatic heterocycles. The molecule has 0 aromatic heterocycles. The zero-order chi connectivity index (χ0) is 13.7. The summed E-state index contributed by atoms with van der Waals surface area (Å²) < 4.78 is 0. The molecule has 2 N–H and O–H groups in total. The molecule has 0 aromatic carbocycles. The highest BCUT2D eigenvalue weighted by molar-refractivity contribution is 5.78. The van der Waals surface area contributed by atoms with Crippen molar-refractivity contribution in [1.29, 1.82) is 0 Å². The fourth-order valence-corrected chi connectivity index (χ4v) is 2.69. The van der Waals surface area contributed by atoms with Crippen molar-refractivity contribution < 1.29 is 9.59 Å². The predicted molar refractivity (Wildman–Crippen MR) is 72.9 cm³/mol. The number of carbonyl (C=O) groups is 2. The molecule has 6 nitrogen and oxygen atoms in total. The average Bonchev–Trinajstić information content (AvgIpc) is 2.92. The van der Waals surface area contributed by atoms with E-state index in [1.54, 1.807) is 4.90 Å². The summed E-state index contributed by atoms with van der Waals surface area (Å²) in [6.45, 7) is 6.16. The van der Waals surface area contributed by atoms with Gasteiger partial charge in [0.2, 0.25) is 5.91 Å². The number of hydrogen-bond donors (Lipinski definition) is 2. The summed E-state index contributed by atoms with van der Waals surface area (Å²) >= 11 is 0. The van der Waals surface area contributed by atoms with E-state index in [4.69, 9.17) is 0 Å². The number of carbonyl (C=O) groups excluding carboxylic acids is 2. The van der Waals surface area contributed by atoms with E-state index < -0.39 is 0 Å². The average molecular weight is 268 g/mol. The van der Waals surface area contributed by atoms with E-state index in [0.29, 0.717) is 45.2 Å². The van der Waals surface area contributed by atoms with E-state index >= 15 is 0 Å². The second-order valence-electron chi connectivity index (χ2n) is 5.20. The second-order valence-corrected chi connectivity index (χ2v) is 5.20. The molecule has 0 saturated carbocycles. The van der Waals surface area contributed by atoms with Gasteiger partial charge >= 0.3 is 6.03 Å². The zero-order valence-corrected chi connectivity index (χ0v) is 11.7. The molecule has 2 rings (SSSR count). The molecule has 19 heavy (non-hydrogen) atoms. The van der Waals surface area contributed by atoms with Gasteiger partial charge in [-0.15, -0.1) is 0 Å². The Hall–Kier alpha value is -1.30. The van der Waals surface area contributed by atoms with Gasteiger partial charge in [0.05, 0.1) is 0 Å². The van der Waals surface area contributed by atoms with Crippen LogP contribution in [-0.4, -0.2) is 67.0 Å². The first-order valence-electron chi connectivity index (χ1n) is 7.24. The van der Waals surface area contributed by atoms with Crippen LogP contribution >= 0.6 is 0 Å². The molecule has 0 aliphatic carbocycles. The Morgan fingerprint density at radius 3 is 2.47 bits per heavy atom. The van der Waals surface area contributed by atoms with Gasteiger partial charge in [-0.2, -0.15) is 0 Å². The maximum atomic E-state index is 12.1. The number of rotatable bonds is 3. The molecule has 0 radical (unpaired) electrons. The van der Waals surface area contributed by atoms with Crippen molar-refractivity contribution in [3.8, 4) is 0 Å². The summed E-state index contributed by atoms with van der Waals surface area (Å²) in [5, 5.41) is 6.14. The lowest BCUT2D eigenvalue weighted by atomic mass is 10.1. The molecule has 1 unspecified atom stereocenters. The molecule has 2 saturated heterocycles. The van der Waals surface area contributed by atoms with Gasteiger partial charge < -0.3 is 20.4 Å². The van der Waals surface area contributed by atoms with Crippen LogP contribution < -0.4 is 10.6 Å². The lowest BCUT2D eigenvalue weighted by molar-refractivity contribution is -0.133. The Labute approximate surface area is 114 Å². The quantitative estimate of drug-likeness (QED) is 0.757. The van der Waals surface area contributed by atoms with Crippen LogP contribution in [0.1, 0.15) is 26.2 Å². The van der Waals surface area contributed by atoms with Crippen LogP contribution in [0.2, 0.25) is 0 Å². The van der Waals surface area contributed by atoms with Gasteiger partial charge in [0, 0.05) is 45.2 Å². The molecular formula is C13H24N4O2. The van der Waals surface area contributed by atoms with E-state index in [9.17, 15) is 9.59 Å². The van der Waals surface area contributed by atoms with E-state index in [2.05, 4.69) is 10.6 Å². The Kier molecular flexibility index (Phi) is 5.01. The Morgan fingerprint density at radius 1 is 1.21 bits per heavy atom. The van der Waals surface area contributed by atoms with Crippen molar-refractivity contribution in [3.63, 3.8) is 0 Å². The SMILES string of the molecule is CCNC(=O)N1CCN(C(=O)CC2CCCN2)CC1. The first-order chi connectivity index (χ1) is 9.20. The van der Waals surface area contributed by atoms with Crippen molar-refractivity contribution in [1.82, 2.24) is 20.4 Å². The third kappa shape index (κ3) is 3.83. The fraction of sp³-hybridized carbons (Fsp3) is 0.846. The fourth-order valence-electron chi connectivity index (χ4n) is 2.69. The van der Waals surface area contributed by atoms with Crippen LogP contribution in [0.4, 0.5) is 4.79 Å². The van der Waals surface area contributed by atoms with Crippen LogP contribution in [-0.2, 0) is 4.79 Å². The van der Waals surface area contributed by atoms with Crippen molar-refractivity contribution in [2.24, 2.45) is 0 Å². The zero-order valence-electron chi connectivity index (χ0n) is 11.7. The number of amides is 3. The number of piperazine rings is 1. The highest BCUT2D eigenvalue weighted by Crippen LogP contribution is 2.12. The molecule has 3 amide bonds. The minimum atomic E-state index is -0.0212. The summed E-state index contributed by atoms with van der Waals surface area (Å²) in [4.78, 5) is 27.4. The van der Waals surface area contributed by atoms with E-state index in [1.165, 1.54) is 6.42 Å². The standard InChI is InChI=1S/C13H24N4O2/c1-2-14-13(19)17-8-6-16(7-9-17)12(18)10-11-4-3-5-15-11/h11,15H,2-10H2,1H3,(H,14,19). The largest absolute Gasteiger partial charge is 0.339 e. The van der Waals surface area contributed by atoms with Crippen LogP contribution in [0.3, 0.4) is 0 Å². The molecular weight excluding hydrogens is 244 g/mol. The van der Waals surface area contributed by atoms with Gasteiger partial charge in [-0.05, 0) is 26.3 Å². The Morgan fingerprint density at radius 2 is 1.89 bits per heavy atom. The van der Waals surface area contributed by atoms with Crippen LogP contribution in [0.25, 0.3) is 0 Å². The number of hydrogen-bond acceptors (Lipinski definition) is 3. The van der Waals surface area contributed by atoms with Gasteiger partial charge in [-0.1, -0.05) is 0 Å². The smallest absolute Gasteiger partial charge is 0.317 e. The normalized spacial score (nSPS) is 23.5. The van der Waals surface area contributed by atoms with Crippen molar-refractivity contribution in [2.75, 3.05) is 39.3 Å². The van der Waals surface area contributed by atoms with E-state index in [-0.39, 0.29) is 11.9 Å². The lowest BCUT2D eigenvalue weighted by Gasteiger charge is -2.35. The molecule has 108 valence electrons. The summed E-state index contributed by atoms with van der Waals surface area (Å²) in [5.74, 6) is 0.218. The third-order valence-electron chi connectivity index (χ3n) is 3.83. The summed E-state index contributed by atoms with van der Waals surface area (Å²) in [7, 11) is 0. The molecule has 1 atom stereocenters. The Bertz CT molecular complexity index is 321. The molecule has 0 aromatic rings. The monoisotopic (exact) mass is 268 g/mol. The molecule has 2 heterocycles. The number of urea groups is 1. The highest BCUT2D eigenvalue weighted by atomic mass is 16.2. The van der Waals surface area contributed by atoms with Gasteiger partial charge in [-0.3, -0.25) is 4.79 Å². The second kappa shape index (κ2) is 6.75. The minimum absolute atomic E-state index is 0.0212. The van der Waals surface area contributed by atoms with E-state index in [1.807, 2.05) is 11.8 Å². The predicted octanol–water partition coefficient (Wildman–Crippen LogP) is 0.00220. The topological polar surface area (TPSA) is 64.7 Å². The van der Waals surface area contributed by atoms with Crippen molar-refractivity contribution >= 4 is 11.9 Å². The molecule has 6 heteroatoms. The van der Waals surface area contributed by atoms with Crippen LogP contribution in [0.5, 0.6) is 0 Å². The maximum Gasteiger partial charge on any atom is 0.317 e. The lowest BCUT2D eigenvalue weighted by Crippen LogP contribution is -2.53. The van der Waals surface area contributed by atoms with Crippen molar-refractivity contribution in [2.45, 2.75) is 32.2 Å². The summed E-state index contributed by atoms with van der Waals surface area (Å²) in [6.07, 6.45) is 2.87. The molecule has 0 bridgehead atoms. The van der Waals surface area contributed by atoms with Gasteiger partial charge in [0.1, 0.15) is 0 Å². The molecule has 2 fully saturated rings. The number of nitrogens with zero attached hydrogens (tertiary/aromatic N) is 2. The summed E-state index contributed by atoms with van der Waals surface area (Å²) in [5.41, 5.74) is 0. The third-order valence-corrected chi connectivity index (χ3v) is 3.83. The van der Waals surface area contributed by atoms with Crippen molar-refractivity contribution in [3.05, 3.63) is 0 Å². The number of nitrogens with one attached hydrogen (secondary N) is 2. The minimum Gasteiger partial charge on any atom is -0.339 e. The first-order valence-corrected chi connectivity index (χ1v) is 7.24. The van der Waals surface area contributed by atoms with Crippen LogP contribution in [0, 0.1) is 0 Å².